The molecule has 0 radical (unpaired) electrons. The van der Waals surface area contributed by atoms with Crippen LogP contribution in [0.4, 0.5) is 0 Å². The van der Waals surface area contributed by atoms with Crippen molar-refractivity contribution in [2.75, 3.05) is 12.4 Å². The molecule has 0 aliphatic heterocycles. The van der Waals surface area contributed by atoms with Gasteiger partial charge in [-0.15, -0.1) is 0 Å². The van der Waals surface area contributed by atoms with Gasteiger partial charge in [-0.25, -0.2) is 4.79 Å². The molecule has 0 fully saturated rings. The maximum absolute atomic E-state index is 11.3. The van der Waals surface area contributed by atoms with E-state index < -0.39 is 0 Å². The molecule has 0 heterocycles. The third-order valence-corrected chi connectivity index (χ3v) is 2.72. The summed E-state index contributed by atoms with van der Waals surface area (Å²) in [5.74, 6) is -0.293. The number of allylic oxidation sites excluding steroid dienone is 1. The first-order valence-corrected chi connectivity index (χ1v) is 6.22. The first-order chi connectivity index (χ1) is 7.69. The molecule has 1 aromatic rings. The van der Waals surface area contributed by atoms with Gasteiger partial charge in [-0.1, -0.05) is 34.1 Å². The van der Waals surface area contributed by atoms with E-state index in [1.807, 2.05) is 19.1 Å². The van der Waals surface area contributed by atoms with Crippen molar-refractivity contribution >= 4 is 28.0 Å². The summed E-state index contributed by atoms with van der Waals surface area (Å²) in [7, 11) is 1.39. The summed E-state index contributed by atoms with van der Waals surface area (Å²) in [6, 6.07) is 5.57. The zero-order valence-electron chi connectivity index (χ0n) is 9.50. The van der Waals surface area contributed by atoms with E-state index in [-0.39, 0.29) is 5.97 Å². The summed E-state index contributed by atoms with van der Waals surface area (Å²) in [4.78, 5) is 11.3. The highest BCUT2D eigenvalue weighted by Gasteiger charge is 2.05. The van der Waals surface area contributed by atoms with E-state index >= 15 is 0 Å². The highest BCUT2D eigenvalue weighted by atomic mass is 79.9. The molecule has 0 saturated carbocycles. The smallest absolute Gasteiger partial charge is 0.337 e. The average Bonchev–Trinajstić information content (AvgIpc) is 2.30. The van der Waals surface area contributed by atoms with Crippen LogP contribution >= 0.6 is 15.9 Å². The normalized spacial score (nSPS) is 10.7. The molecule has 0 spiro atoms. The lowest BCUT2D eigenvalue weighted by Gasteiger charge is -2.03. The van der Waals surface area contributed by atoms with Crippen molar-refractivity contribution in [2.45, 2.75) is 13.3 Å². The quantitative estimate of drug-likeness (QED) is 0.623. The Morgan fingerprint density at radius 1 is 1.50 bits per heavy atom. The number of aryl methyl sites for hydroxylation is 1. The van der Waals surface area contributed by atoms with E-state index in [2.05, 4.69) is 32.8 Å². The molecular formula is C13H15BrO2. The standard InChI is InChI=1S/C13H15BrO2/c1-10-9-12(13(15)16-2)7-6-11(10)5-3-4-8-14/h3,5-7,9H,4,8H2,1-2H3. The van der Waals surface area contributed by atoms with Gasteiger partial charge in [0, 0.05) is 5.33 Å². The number of carbonyl (C=O) groups excluding carboxylic acids is 1. The van der Waals surface area contributed by atoms with E-state index in [0.29, 0.717) is 5.56 Å². The number of hydrogen-bond acceptors (Lipinski definition) is 2. The van der Waals surface area contributed by atoms with Gasteiger partial charge in [0.25, 0.3) is 0 Å². The van der Waals surface area contributed by atoms with Crippen LogP contribution in [0.1, 0.15) is 27.9 Å². The van der Waals surface area contributed by atoms with Crippen molar-refractivity contribution in [1.82, 2.24) is 0 Å². The fraction of sp³-hybridized carbons (Fsp3) is 0.308. The number of esters is 1. The van der Waals surface area contributed by atoms with E-state index in [1.165, 1.54) is 7.11 Å². The molecule has 0 aliphatic rings. The molecule has 3 heteroatoms. The van der Waals surface area contributed by atoms with Crippen molar-refractivity contribution < 1.29 is 9.53 Å². The second-order valence-corrected chi connectivity index (χ2v) is 4.24. The Balaban J connectivity index is 2.87. The van der Waals surface area contributed by atoms with Crippen LogP contribution < -0.4 is 0 Å². The van der Waals surface area contributed by atoms with Crippen LogP contribution in [0.5, 0.6) is 0 Å². The van der Waals surface area contributed by atoms with E-state index in [1.54, 1.807) is 6.07 Å². The third-order valence-electron chi connectivity index (χ3n) is 2.26. The van der Waals surface area contributed by atoms with Crippen LogP contribution in [-0.4, -0.2) is 18.4 Å². The predicted molar refractivity (Wildman–Crippen MR) is 70.0 cm³/mol. The summed E-state index contributed by atoms with van der Waals surface area (Å²) in [5, 5.41) is 0.961. The van der Waals surface area contributed by atoms with Gasteiger partial charge >= 0.3 is 5.97 Å². The first kappa shape index (κ1) is 13.0. The Morgan fingerprint density at radius 2 is 2.25 bits per heavy atom. The summed E-state index contributed by atoms with van der Waals surface area (Å²) in [5.41, 5.74) is 2.81. The van der Waals surface area contributed by atoms with Crippen LogP contribution in [-0.2, 0) is 4.74 Å². The summed E-state index contributed by atoms with van der Waals surface area (Å²) < 4.78 is 4.67. The number of halogens is 1. The number of ether oxygens (including phenoxy) is 1. The largest absolute Gasteiger partial charge is 0.465 e. The highest BCUT2D eigenvalue weighted by Crippen LogP contribution is 2.14. The number of hydrogen-bond donors (Lipinski definition) is 0. The lowest BCUT2D eigenvalue weighted by molar-refractivity contribution is 0.0600. The maximum atomic E-state index is 11.3. The molecule has 1 aromatic carbocycles. The average molecular weight is 283 g/mol. The van der Waals surface area contributed by atoms with Gasteiger partial charge in [-0.05, 0) is 36.6 Å². The minimum absolute atomic E-state index is 0.293. The molecule has 0 saturated heterocycles. The molecule has 0 aliphatic carbocycles. The third kappa shape index (κ3) is 3.49. The summed E-state index contributed by atoms with van der Waals surface area (Å²) >= 11 is 3.37. The van der Waals surface area contributed by atoms with Crippen LogP contribution in [0.3, 0.4) is 0 Å². The fourth-order valence-corrected chi connectivity index (χ4v) is 1.65. The minimum Gasteiger partial charge on any atom is -0.465 e. The zero-order valence-corrected chi connectivity index (χ0v) is 11.1. The lowest BCUT2D eigenvalue weighted by atomic mass is 10.0. The van der Waals surface area contributed by atoms with Gasteiger partial charge in [0.1, 0.15) is 0 Å². The molecule has 0 atom stereocenters. The summed E-state index contributed by atoms with van der Waals surface area (Å²) in [6.45, 7) is 1.99. The van der Waals surface area contributed by atoms with Crippen molar-refractivity contribution in [3.8, 4) is 0 Å². The van der Waals surface area contributed by atoms with Crippen molar-refractivity contribution in [3.63, 3.8) is 0 Å². The topological polar surface area (TPSA) is 26.3 Å². The van der Waals surface area contributed by atoms with Crippen molar-refractivity contribution in [2.24, 2.45) is 0 Å². The van der Waals surface area contributed by atoms with Crippen molar-refractivity contribution in [1.29, 1.82) is 0 Å². The van der Waals surface area contributed by atoms with Gasteiger partial charge < -0.3 is 4.74 Å². The second kappa shape index (κ2) is 6.48. The van der Waals surface area contributed by atoms with Crippen LogP contribution in [0.15, 0.2) is 24.3 Å². The molecule has 0 unspecified atom stereocenters. The Labute approximate surface area is 104 Å². The van der Waals surface area contributed by atoms with Gasteiger partial charge in [0.05, 0.1) is 12.7 Å². The SMILES string of the molecule is COC(=O)c1ccc(C=CCCBr)c(C)c1. The molecule has 2 nitrogen and oxygen atoms in total. The Hall–Kier alpha value is -1.09. The molecule has 0 aromatic heterocycles. The van der Waals surface area contributed by atoms with Gasteiger partial charge in [0.15, 0.2) is 0 Å². The molecule has 0 amide bonds. The molecule has 0 N–H and O–H groups in total. The number of methoxy groups -OCH3 is 1. The lowest BCUT2D eigenvalue weighted by Crippen LogP contribution is -2.01. The van der Waals surface area contributed by atoms with Gasteiger partial charge in [-0.2, -0.15) is 0 Å². The number of benzene rings is 1. The zero-order chi connectivity index (χ0) is 12.0. The molecular weight excluding hydrogens is 268 g/mol. The monoisotopic (exact) mass is 282 g/mol. The van der Waals surface area contributed by atoms with Gasteiger partial charge in [0.2, 0.25) is 0 Å². The summed E-state index contributed by atoms with van der Waals surface area (Å²) in [6.07, 6.45) is 5.17. The Bertz CT molecular complexity index is 397. The van der Waals surface area contributed by atoms with Crippen LogP contribution in [0, 0.1) is 6.92 Å². The number of rotatable bonds is 4. The van der Waals surface area contributed by atoms with Crippen molar-refractivity contribution in [3.05, 3.63) is 41.0 Å². The Morgan fingerprint density at radius 3 is 2.81 bits per heavy atom. The first-order valence-electron chi connectivity index (χ1n) is 5.10. The van der Waals surface area contributed by atoms with E-state index in [4.69, 9.17) is 0 Å². The number of alkyl halides is 1. The molecule has 16 heavy (non-hydrogen) atoms. The minimum atomic E-state index is -0.293. The molecule has 86 valence electrons. The molecule has 0 bridgehead atoms. The predicted octanol–water partition coefficient (Wildman–Crippen LogP) is 3.58. The second-order valence-electron chi connectivity index (χ2n) is 3.44. The Kier molecular flexibility index (Phi) is 5.26. The maximum Gasteiger partial charge on any atom is 0.337 e. The van der Waals surface area contributed by atoms with E-state index in [0.717, 1.165) is 22.9 Å². The van der Waals surface area contributed by atoms with Gasteiger partial charge in [-0.3, -0.25) is 0 Å². The van der Waals surface area contributed by atoms with Crippen LogP contribution in [0.25, 0.3) is 6.08 Å². The number of carbonyl (C=O) groups is 1. The highest BCUT2D eigenvalue weighted by molar-refractivity contribution is 9.09. The van der Waals surface area contributed by atoms with E-state index in [9.17, 15) is 4.79 Å². The molecule has 1 rings (SSSR count). The van der Waals surface area contributed by atoms with Crippen LogP contribution in [0.2, 0.25) is 0 Å². The fourth-order valence-electron chi connectivity index (χ4n) is 1.38.